The number of aromatic nitrogens is 3. The van der Waals surface area contributed by atoms with E-state index in [1.807, 2.05) is 30.3 Å². The Hall–Kier alpha value is -2.98. The summed E-state index contributed by atoms with van der Waals surface area (Å²) >= 11 is 0. The second-order valence-electron chi connectivity index (χ2n) is 6.84. The smallest absolute Gasteiger partial charge is 0.276 e. The first-order valence-corrected chi connectivity index (χ1v) is 10.7. The maximum Gasteiger partial charge on any atom is 0.276 e. The summed E-state index contributed by atoms with van der Waals surface area (Å²) in [5, 5.41) is 7.85. The second kappa shape index (κ2) is 7.80. The van der Waals surface area contributed by atoms with Crippen molar-refractivity contribution in [3.8, 4) is 11.3 Å². The summed E-state index contributed by atoms with van der Waals surface area (Å²) in [6.45, 7) is 1.29. The van der Waals surface area contributed by atoms with Gasteiger partial charge in [-0.2, -0.15) is 9.40 Å². The molecule has 1 aliphatic rings. The first-order chi connectivity index (χ1) is 13.9. The Balaban J connectivity index is 1.46. The van der Waals surface area contributed by atoms with E-state index >= 15 is 0 Å². The molecule has 0 N–H and O–H groups in total. The molecule has 1 aromatic carbocycles. The predicted octanol–water partition coefficient (Wildman–Crippen LogP) is 1.61. The molecule has 1 amide bonds. The number of aryl methyl sites for hydroxylation is 1. The van der Waals surface area contributed by atoms with Crippen LogP contribution < -0.4 is 0 Å². The van der Waals surface area contributed by atoms with E-state index in [0.717, 1.165) is 5.56 Å². The molecule has 0 atom stereocenters. The van der Waals surface area contributed by atoms with Gasteiger partial charge in [0.15, 0.2) is 11.5 Å². The SMILES string of the molecule is Cn1cc(S(=O)(=O)N2CCCN(C(=O)c3cc(-c4ccccc4)on3)CC2)cn1. The number of carbonyl (C=O) groups is 1. The van der Waals surface area contributed by atoms with E-state index in [1.54, 1.807) is 18.0 Å². The van der Waals surface area contributed by atoms with Crippen molar-refractivity contribution in [3.05, 3.63) is 54.5 Å². The predicted molar refractivity (Wildman–Crippen MR) is 104 cm³/mol. The third-order valence-electron chi connectivity index (χ3n) is 4.85. The molecule has 1 saturated heterocycles. The zero-order chi connectivity index (χ0) is 20.4. The molecule has 2 aromatic heterocycles. The first-order valence-electron chi connectivity index (χ1n) is 9.25. The van der Waals surface area contributed by atoms with Gasteiger partial charge in [0, 0.05) is 51.1 Å². The highest BCUT2D eigenvalue weighted by molar-refractivity contribution is 7.89. The van der Waals surface area contributed by atoms with Crippen molar-refractivity contribution in [2.24, 2.45) is 7.05 Å². The minimum absolute atomic E-state index is 0.156. The van der Waals surface area contributed by atoms with Crippen molar-refractivity contribution >= 4 is 15.9 Å². The first kappa shape index (κ1) is 19.3. The van der Waals surface area contributed by atoms with Gasteiger partial charge in [-0.3, -0.25) is 9.48 Å². The highest BCUT2D eigenvalue weighted by Crippen LogP contribution is 2.22. The van der Waals surface area contributed by atoms with Gasteiger partial charge in [0.1, 0.15) is 4.90 Å². The van der Waals surface area contributed by atoms with Gasteiger partial charge in [-0.25, -0.2) is 8.42 Å². The van der Waals surface area contributed by atoms with Crippen LogP contribution in [0.15, 0.2) is 58.2 Å². The number of benzene rings is 1. The number of hydrogen-bond donors (Lipinski definition) is 0. The van der Waals surface area contributed by atoms with Gasteiger partial charge in [0.25, 0.3) is 5.91 Å². The molecule has 0 aliphatic carbocycles. The third kappa shape index (κ3) is 3.94. The van der Waals surface area contributed by atoms with Crippen LogP contribution in [0.3, 0.4) is 0 Å². The van der Waals surface area contributed by atoms with Gasteiger partial charge in [0.2, 0.25) is 10.0 Å². The fraction of sp³-hybridized carbons (Fsp3) is 0.316. The number of rotatable bonds is 4. The quantitative estimate of drug-likeness (QED) is 0.642. The second-order valence-corrected chi connectivity index (χ2v) is 8.78. The lowest BCUT2D eigenvalue weighted by Gasteiger charge is -2.20. The minimum Gasteiger partial charge on any atom is -0.355 e. The maximum absolute atomic E-state index is 12.8. The number of amides is 1. The summed E-state index contributed by atoms with van der Waals surface area (Å²) < 4.78 is 33.8. The van der Waals surface area contributed by atoms with E-state index in [9.17, 15) is 13.2 Å². The van der Waals surface area contributed by atoms with E-state index < -0.39 is 10.0 Å². The lowest BCUT2D eigenvalue weighted by atomic mass is 10.1. The molecule has 0 radical (unpaired) electrons. The standard InChI is InChI=1S/C19H21N5O4S/c1-22-14-16(13-20-22)29(26,27)24-9-5-8-23(10-11-24)19(25)17-12-18(28-21-17)15-6-3-2-4-7-15/h2-4,6-7,12-14H,5,8-11H2,1H3. The summed E-state index contributed by atoms with van der Waals surface area (Å²) in [5.41, 5.74) is 1.05. The van der Waals surface area contributed by atoms with Crippen LogP contribution in [-0.2, 0) is 17.1 Å². The summed E-state index contributed by atoms with van der Waals surface area (Å²) in [6.07, 6.45) is 3.35. The van der Waals surface area contributed by atoms with E-state index in [2.05, 4.69) is 10.3 Å². The third-order valence-corrected chi connectivity index (χ3v) is 6.70. The average Bonchev–Trinajstić information content (AvgIpc) is 3.31. The van der Waals surface area contributed by atoms with Gasteiger partial charge in [-0.1, -0.05) is 35.5 Å². The number of hydrogen-bond acceptors (Lipinski definition) is 6. The Morgan fingerprint density at radius 3 is 2.62 bits per heavy atom. The van der Waals surface area contributed by atoms with Crippen LogP contribution in [-0.4, -0.2) is 64.6 Å². The largest absolute Gasteiger partial charge is 0.355 e. The summed E-state index contributed by atoms with van der Waals surface area (Å²) in [4.78, 5) is 14.6. The molecule has 0 bridgehead atoms. The van der Waals surface area contributed by atoms with Crippen molar-refractivity contribution in [2.45, 2.75) is 11.3 Å². The Kier molecular flexibility index (Phi) is 5.20. The molecule has 152 valence electrons. The lowest BCUT2D eigenvalue weighted by molar-refractivity contribution is 0.0754. The van der Waals surface area contributed by atoms with Gasteiger partial charge < -0.3 is 9.42 Å². The lowest BCUT2D eigenvalue weighted by Crippen LogP contribution is -2.37. The Labute approximate surface area is 168 Å². The van der Waals surface area contributed by atoms with E-state index in [1.165, 1.54) is 21.4 Å². The van der Waals surface area contributed by atoms with Crippen LogP contribution in [0.2, 0.25) is 0 Å². The van der Waals surface area contributed by atoms with Crippen LogP contribution in [0.4, 0.5) is 0 Å². The zero-order valence-corrected chi connectivity index (χ0v) is 16.7. The molecule has 29 heavy (non-hydrogen) atoms. The number of sulfonamides is 1. The van der Waals surface area contributed by atoms with Crippen molar-refractivity contribution < 1.29 is 17.7 Å². The van der Waals surface area contributed by atoms with E-state index in [4.69, 9.17) is 4.52 Å². The molecule has 3 aromatic rings. The topological polar surface area (TPSA) is 102 Å². The summed E-state index contributed by atoms with van der Waals surface area (Å²) in [6, 6.07) is 11.0. The minimum atomic E-state index is -3.63. The van der Waals surface area contributed by atoms with Gasteiger partial charge >= 0.3 is 0 Å². The molecule has 3 heterocycles. The molecule has 10 heteroatoms. The number of carbonyl (C=O) groups excluding carboxylic acids is 1. The molecule has 1 fully saturated rings. The van der Waals surface area contributed by atoms with Crippen molar-refractivity contribution in [3.63, 3.8) is 0 Å². The molecule has 4 rings (SSSR count). The van der Waals surface area contributed by atoms with Gasteiger partial charge in [-0.05, 0) is 6.42 Å². The zero-order valence-electron chi connectivity index (χ0n) is 15.9. The Morgan fingerprint density at radius 1 is 1.10 bits per heavy atom. The molecule has 0 spiro atoms. The van der Waals surface area contributed by atoms with Crippen LogP contribution in [0.25, 0.3) is 11.3 Å². The average molecular weight is 415 g/mol. The monoisotopic (exact) mass is 415 g/mol. The highest BCUT2D eigenvalue weighted by atomic mass is 32.2. The van der Waals surface area contributed by atoms with Crippen LogP contribution in [0.5, 0.6) is 0 Å². The van der Waals surface area contributed by atoms with Gasteiger partial charge in [0.05, 0.1) is 6.20 Å². The normalized spacial score (nSPS) is 16.0. The molecule has 0 unspecified atom stereocenters. The van der Waals surface area contributed by atoms with Crippen LogP contribution in [0, 0.1) is 0 Å². The van der Waals surface area contributed by atoms with E-state index in [-0.39, 0.29) is 29.6 Å². The Morgan fingerprint density at radius 2 is 1.90 bits per heavy atom. The summed E-state index contributed by atoms with van der Waals surface area (Å²) in [7, 11) is -1.96. The fourth-order valence-electron chi connectivity index (χ4n) is 3.29. The van der Waals surface area contributed by atoms with E-state index in [0.29, 0.717) is 25.3 Å². The van der Waals surface area contributed by atoms with Crippen LogP contribution in [0.1, 0.15) is 16.9 Å². The Bertz CT molecular complexity index is 1110. The van der Waals surface area contributed by atoms with Crippen molar-refractivity contribution in [1.82, 2.24) is 24.1 Å². The highest BCUT2D eigenvalue weighted by Gasteiger charge is 2.30. The van der Waals surface area contributed by atoms with Crippen molar-refractivity contribution in [2.75, 3.05) is 26.2 Å². The van der Waals surface area contributed by atoms with Crippen LogP contribution >= 0.6 is 0 Å². The molecule has 0 saturated carbocycles. The molecular formula is C19H21N5O4S. The molecule has 9 nitrogen and oxygen atoms in total. The summed E-state index contributed by atoms with van der Waals surface area (Å²) in [5.74, 6) is 0.251. The molecule has 1 aliphatic heterocycles. The fourth-order valence-corrected chi connectivity index (χ4v) is 4.75. The maximum atomic E-state index is 12.8. The number of nitrogens with zero attached hydrogens (tertiary/aromatic N) is 5. The molecular weight excluding hydrogens is 394 g/mol. The van der Waals surface area contributed by atoms with Gasteiger partial charge in [-0.15, -0.1) is 0 Å². The van der Waals surface area contributed by atoms with Crippen molar-refractivity contribution in [1.29, 1.82) is 0 Å².